The van der Waals surface area contributed by atoms with E-state index in [4.69, 9.17) is 0 Å². The normalized spacial score (nSPS) is 26.8. The number of anilines is 1. The number of rotatable bonds is 2. The van der Waals surface area contributed by atoms with Crippen molar-refractivity contribution in [2.24, 2.45) is 4.99 Å². The van der Waals surface area contributed by atoms with Crippen LogP contribution in [0.3, 0.4) is 0 Å². The Balaban J connectivity index is 2.01. The Morgan fingerprint density at radius 3 is 2.71 bits per heavy atom. The van der Waals surface area contributed by atoms with Gasteiger partial charge in [-0.15, -0.1) is 0 Å². The Morgan fingerprint density at radius 1 is 1.29 bits per heavy atom. The predicted octanol–water partition coefficient (Wildman–Crippen LogP) is 2.40. The topological polar surface area (TPSA) is 49.7 Å². The van der Waals surface area contributed by atoms with Crippen molar-refractivity contribution in [1.29, 1.82) is 0 Å². The van der Waals surface area contributed by atoms with E-state index in [1.54, 1.807) is 11.8 Å². The summed E-state index contributed by atoms with van der Waals surface area (Å²) >= 11 is 1.69. The monoisotopic (exact) mass is 324 g/mol. The van der Waals surface area contributed by atoms with Gasteiger partial charge in [-0.25, -0.2) is 8.42 Å². The van der Waals surface area contributed by atoms with Crippen molar-refractivity contribution in [2.75, 3.05) is 22.2 Å². The first-order chi connectivity index (χ1) is 9.91. The average Bonchev–Trinajstić information content (AvgIpc) is 2.85. The minimum atomic E-state index is -2.96. The maximum Gasteiger partial charge on any atom is 0.164 e. The van der Waals surface area contributed by atoms with E-state index in [0.717, 1.165) is 16.6 Å². The third-order valence-electron chi connectivity index (χ3n) is 4.15. The van der Waals surface area contributed by atoms with Crippen LogP contribution in [0.1, 0.15) is 18.1 Å². The van der Waals surface area contributed by atoms with Crippen molar-refractivity contribution in [3.63, 3.8) is 0 Å². The Labute approximate surface area is 130 Å². The van der Waals surface area contributed by atoms with Gasteiger partial charge in [0.15, 0.2) is 15.0 Å². The Morgan fingerprint density at radius 2 is 2.05 bits per heavy atom. The third-order valence-corrected chi connectivity index (χ3v) is 6.70. The van der Waals surface area contributed by atoms with Gasteiger partial charge < -0.3 is 4.90 Å². The van der Waals surface area contributed by atoms with Crippen LogP contribution >= 0.6 is 11.8 Å². The SMILES string of the molecule is CCSC1=N[C@H]2CS(=O)(=O)C[C@@H]2N1c1ccc(C)c(C)c1. The molecule has 0 unspecified atom stereocenters. The molecule has 2 aliphatic rings. The largest absolute Gasteiger partial charge is 0.315 e. The van der Waals surface area contributed by atoms with E-state index in [1.165, 1.54) is 11.1 Å². The van der Waals surface area contributed by atoms with Crippen molar-refractivity contribution in [2.45, 2.75) is 32.9 Å². The van der Waals surface area contributed by atoms with Crippen molar-refractivity contribution >= 4 is 32.5 Å². The fourth-order valence-electron chi connectivity index (χ4n) is 2.94. The second kappa shape index (κ2) is 5.32. The summed E-state index contributed by atoms with van der Waals surface area (Å²) in [6, 6.07) is 6.16. The van der Waals surface area contributed by atoms with Crippen LogP contribution < -0.4 is 4.90 Å². The summed E-state index contributed by atoms with van der Waals surface area (Å²) in [7, 11) is -2.96. The molecule has 21 heavy (non-hydrogen) atoms. The van der Waals surface area contributed by atoms with Crippen LogP contribution in [0.5, 0.6) is 0 Å². The van der Waals surface area contributed by atoms with E-state index in [0.29, 0.717) is 0 Å². The number of thioether (sulfide) groups is 1. The number of aliphatic imine (C=N–C) groups is 1. The molecule has 3 rings (SSSR count). The van der Waals surface area contributed by atoms with E-state index in [-0.39, 0.29) is 23.6 Å². The maximum atomic E-state index is 11.9. The molecule has 2 aliphatic heterocycles. The summed E-state index contributed by atoms with van der Waals surface area (Å²) in [6.45, 7) is 6.26. The van der Waals surface area contributed by atoms with Crippen molar-refractivity contribution < 1.29 is 8.42 Å². The molecule has 0 bridgehead atoms. The first-order valence-corrected chi connectivity index (χ1v) is 9.99. The number of nitrogens with zero attached hydrogens (tertiary/aromatic N) is 2. The highest BCUT2D eigenvalue weighted by Gasteiger charge is 2.47. The van der Waals surface area contributed by atoms with Gasteiger partial charge in [0.05, 0.1) is 23.6 Å². The van der Waals surface area contributed by atoms with Crippen LogP contribution in [0.25, 0.3) is 0 Å². The number of aryl methyl sites for hydroxylation is 2. The molecule has 1 aromatic rings. The number of hydrogen-bond acceptors (Lipinski definition) is 5. The molecule has 0 saturated carbocycles. The van der Waals surface area contributed by atoms with E-state index in [9.17, 15) is 8.42 Å². The lowest BCUT2D eigenvalue weighted by Gasteiger charge is -2.27. The molecule has 0 amide bonds. The molecule has 4 nitrogen and oxygen atoms in total. The molecule has 2 atom stereocenters. The summed E-state index contributed by atoms with van der Waals surface area (Å²) in [5.74, 6) is 1.33. The molecule has 1 fully saturated rings. The van der Waals surface area contributed by atoms with Gasteiger partial charge in [-0.3, -0.25) is 4.99 Å². The lowest BCUT2D eigenvalue weighted by atomic mass is 10.1. The van der Waals surface area contributed by atoms with Crippen LogP contribution in [-0.4, -0.2) is 42.9 Å². The molecule has 0 aromatic heterocycles. The highest BCUT2D eigenvalue weighted by Crippen LogP contribution is 2.35. The minimum absolute atomic E-state index is 0.0360. The first kappa shape index (κ1) is 14.9. The minimum Gasteiger partial charge on any atom is -0.315 e. The zero-order valence-corrected chi connectivity index (χ0v) is 14.2. The third kappa shape index (κ3) is 2.71. The van der Waals surface area contributed by atoms with Gasteiger partial charge in [0.2, 0.25) is 0 Å². The lowest BCUT2D eigenvalue weighted by molar-refractivity contribution is 0.601. The van der Waals surface area contributed by atoms with E-state index in [2.05, 4.69) is 48.9 Å². The van der Waals surface area contributed by atoms with Crippen molar-refractivity contribution in [3.8, 4) is 0 Å². The zero-order valence-electron chi connectivity index (χ0n) is 12.5. The van der Waals surface area contributed by atoms with Gasteiger partial charge in [0.25, 0.3) is 0 Å². The van der Waals surface area contributed by atoms with Gasteiger partial charge in [0.1, 0.15) is 0 Å². The summed E-state index contributed by atoms with van der Waals surface area (Å²) in [5.41, 5.74) is 3.52. The average molecular weight is 324 g/mol. The standard InChI is InChI=1S/C15H20N2O2S2/c1-4-20-15-16-13-8-21(18,19)9-14(13)17(15)12-6-5-10(2)11(3)7-12/h5-7,13-14H,4,8-9H2,1-3H3/t13-,14-/m0/s1. The van der Waals surface area contributed by atoms with Gasteiger partial charge in [-0.2, -0.15) is 0 Å². The molecule has 0 radical (unpaired) electrons. The van der Waals surface area contributed by atoms with Crippen molar-refractivity contribution in [3.05, 3.63) is 29.3 Å². The summed E-state index contributed by atoms with van der Waals surface area (Å²) in [4.78, 5) is 6.81. The Bertz CT molecular complexity index is 698. The zero-order chi connectivity index (χ0) is 15.2. The smallest absolute Gasteiger partial charge is 0.164 e. The van der Waals surface area contributed by atoms with E-state index < -0.39 is 9.84 Å². The molecule has 0 aliphatic carbocycles. The fourth-order valence-corrected chi connectivity index (χ4v) is 5.63. The summed E-state index contributed by atoms with van der Waals surface area (Å²) < 4.78 is 23.8. The van der Waals surface area contributed by atoms with Gasteiger partial charge >= 0.3 is 0 Å². The highest BCUT2D eigenvalue weighted by atomic mass is 32.2. The summed E-state index contributed by atoms with van der Waals surface area (Å²) in [6.07, 6.45) is 0. The van der Waals surface area contributed by atoms with Crippen LogP contribution in [-0.2, 0) is 9.84 Å². The number of hydrogen-bond donors (Lipinski definition) is 0. The van der Waals surface area contributed by atoms with Crippen LogP contribution in [0.15, 0.2) is 23.2 Å². The fraction of sp³-hybridized carbons (Fsp3) is 0.533. The van der Waals surface area contributed by atoms with Crippen LogP contribution in [0.2, 0.25) is 0 Å². The molecule has 6 heteroatoms. The second-order valence-electron chi connectivity index (χ2n) is 5.69. The molecular weight excluding hydrogens is 304 g/mol. The first-order valence-electron chi connectivity index (χ1n) is 7.19. The maximum absolute atomic E-state index is 11.9. The molecule has 1 aromatic carbocycles. The molecule has 0 spiro atoms. The van der Waals surface area contributed by atoms with Crippen molar-refractivity contribution in [1.82, 2.24) is 0 Å². The molecule has 0 N–H and O–H groups in total. The van der Waals surface area contributed by atoms with Crippen LogP contribution in [0.4, 0.5) is 5.69 Å². The van der Waals surface area contributed by atoms with Gasteiger partial charge in [-0.1, -0.05) is 24.8 Å². The molecule has 1 saturated heterocycles. The Kier molecular flexibility index (Phi) is 3.78. The van der Waals surface area contributed by atoms with E-state index >= 15 is 0 Å². The van der Waals surface area contributed by atoms with Gasteiger partial charge in [0, 0.05) is 5.69 Å². The Hall–Kier alpha value is -1.01. The molecular formula is C15H20N2O2S2. The summed E-state index contributed by atoms with van der Waals surface area (Å²) in [5, 5.41) is 0.964. The highest BCUT2D eigenvalue weighted by molar-refractivity contribution is 8.14. The van der Waals surface area contributed by atoms with Gasteiger partial charge in [-0.05, 0) is 42.9 Å². The number of fused-ring (bicyclic) bond motifs is 1. The lowest BCUT2D eigenvalue weighted by Crippen LogP contribution is -2.39. The predicted molar refractivity (Wildman–Crippen MR) is 90.2 cm³/mol. The number of amidine groups is 1. The number of benzene rings is 1. The van der Waals surface area contributed by atoms with E-state index in [1.807, 2.05) is 0 Å². The number of sulfone groups is 1. The quantitative estimate of drug-likeness (QED) is 0.838. The molecule has 2 heterocycles. The second-order valence-corrected chi connectivity index (χ2v) is 9.08. The molecule has 114 valence electrons. The van der Waals surface area contributed by atoms with Crippen LogP contribution in [0, 0.1) is 13.8 Å².